The topological polar surface area (TPSA) is 115 Å². The number of aryl methyl sites for hydroxylation is 1. The molecule has 1 aliphatic heterocycles. The summed E-state index contributed by atoms with van der Waals surface area (Å²) >= 11 is 0. The molecule has 9 nitrogen and oxygen atoms in total. The number of anilines is 1. The minimum Gasteiger partial charge on any atom is -0.503 e. The Morgan fingerprint density at radius 1 is 1.09 bits per heavy atom. The van der Waals surface area contributed by atoms with Gasteiger partial charge in [0.05, 0.1) is 19.8 Å². The van der Waals surface area contributed by atoms with E-state index in [0.717, 1.165) is 5.39 Å². The van der Waals surface area contributed by atoms with E-state index in [1.165, 1.54) is 19.1 Å². The minimum absolute atomic E-state index is 0.0133. The summed E-state index contributed by atoms with van der Waals surface area (Å²) in [6.45, 7) is 1.67. The Kier molecular flexibility index (Phi) is 5.09. The lowest BCUT2D eigenvalue weighted by molar-refractivity contribution is -0.117. The Bertz CT molecular complexity index is 1430. The van der Waals surface area contributed by atoms with Crippen LogP contribution in [0.3, 0.4) is 0 Å². The molecule has 0 saturated heterocycles. The van der Waals surface area contributed by atoms with Crippen LogP contribution >= 0.6 is 0 Å². The Balaban J connectivity index is 1.72. The molecule has 34 heavy (non-hydrogen) atoms. The minimum atomic E-state index is -1.08. The van der Waals surface area contributed by atoms with Gasteiger partial charge in [0.2, 0.25) is 5.78 Å². The standard InChI is InChI=1S/C25H20N2O7/c1-13-11-19(26-34-13)27-21(15-8-6-10-17(31-2)24(15)32-3)20(23(29)25(27)30)22(28)18-12-14-7-4-5-9-16(14)33-18/h4-12,21,29H,1-3H3/t21-/m0/s1. The van der Waals surface area contributed by atoms with Crippen LogP contribution in [0, 0.1) is 6.92 Å². The van der Waals surface area contributed by atoms with Gasteiger partial charge in [0, 0.05) is 17.0 Å². The van der Waals surface area contributed by atoms with Crippen LogP contribution in [-0.4, -0.2) is 36.2 Å². The van der Waals surface area contributed by atoms with Gasteiger partial charge in [0.1, 0.15) is 17.4 Å². The predicted octanol–water partition coefficient (Wildman–Crippen LogP) is 4.53. The second kappa shape index (κ2) is 8.11. The first-order valence-electron chi connectivity index (χ1n) is 10.4. The highest BCUT2D eigenvalue weighted by Gasteiger charge is 2.47. The fraction of sp³-hybridized carbons (Fsp3) is 0.160. The number of furan rings is 1. The average Bonchev–Trinajstić information content (AvgIpc) is 3.54. The number of aromatic nitrogens is 1. The van der Waals surface area contributed by atoms with Crippen molar-refractivity contribution in [3.63, 3.8) is 0 Å². The highest BCUT2D eigenvalue weighted by molar-refractivity contribution is 6.20. The lowest BCUT2D eigenvalue weighted by Crippen LogP contribution is -2.31. The third-order valence-corrected chi connectivity index (χ3v) is 5.69. The number of amides is 1. The number of fused-ring (bicyclic) bond motifs is 1. The van der Waals surface area contributed by atoms with Crippen molar-refractivity contribution >= 4 is 28.5 Å². The number of ether oxygens (including phenoxy) is 2. The average molecular weight is 460 g/mol. The maximum Gasteiger partial charge on any atom is 0.295 e. The van der Waals surface area contributed by atoms with Crippen molar-refractivity contribution in [3.8, 4) is 11.5 Å². The van der Waals surface area contributed by atoms with Crippen molar-refractivity contribution in [2.45, 2.75) is 13.0 Å². The highest BCUT2D eigenvalue weighted by atomic mass is 16.5. The molecule has 0 spiro atoms. The summed E-state index contributed by atoms with van der Waals surface area (Å²) in [5.74, 6) is -0.876. The molecule has 1 amide bonds. The fourth-order valence-electron chi connectivity index (χ4n) is 4.19. The molecule has 4 aromatic rings. The summed E-state index contributed by atoms with van der Waals surface area (Å²) in [6, 6.07) is 14.2. The number of Topliss-reactive ketones (excluding diaryl/α,β-unsaturated/α-hetero) is 1. The van der Waals surface area contributed by atoms with Crippen LogP contribution in [0.2, 0.25) is 0 Å². The summed E-state index contributed by atoms with van der Waals surface area (Å²) in [4.78, 5) is 28.1. The van der Waals surface area contributed by atoms with E-state index in [1.54, 1.807) is 55.5 Å². The van der Waals surface area contributed by atoms with E-state index in [0.29, 0.717) is 28.4 Å². The molecule has 1 atom stereocenters. The van der Waals surface area contributed by atoms with E-state index in [9.17, 15) is 14.7 Å². The molecule has 9 heteroatoms. The molecule has 0 fully saturated rings. The number of aliphatic hydroxyl groups excluding tert-OH is 1. The first-order chi connectivity index (χ1) is 16.4. The molecule has 0 saturated carbocycles. The van der Waals surface area contributed by atoms with Crippen LogP contribution in [-0.2, 0) is 4.79 Å². The van der Waals surface area contributed by atoms with Gasteiger partial charge in [-0.05, 0) is 25.1 Å². The van der Waals surface area contributed by atoms with Crippen molar-refractivity contribution in [1.82, 2.24) is 5.16 Å². The second-order valence-electron chi connectivity index (χ2n) is 7.70. The first-order valence-corrected chi connectivity index (χ1v) is 10.4. The molecule has 172 valence electrons. The number of para-hydroxylation sites is 2. The Morgan fingerprint density at radius 2 is 1.88 bits per heavy atom. The number of nitrogens with zero attached hydrogens (tertiary/aromatic N) is 2. The van der Waals surface area contributed by atoms with Crippen molar-refractivity contribution < 1.29 is 33.1 Å². The quantitative estimate of drug-likeness (QED) is 0.417. The third-order valence-electron chi connectivity index (χ3n) is 5.69. The van der Waals surface area contributed by atoms with Gasteiger partial charge in [-0.25, -0.2) is 0 Å². The molecule has 1 aliphatic rings. The number of hydrogen-bond donors (Lipinski definition) is 1. The van der Waals surface area contributed by atoms with Gasteiger partial charge < -0.3 is 23.5 Å². The van der Waals surface area contributed by atoms with Crippen LogP contribution < -0.4 is 14.4 Å². The van der Waals surface area contributed by atoms with Crippen LogP contribution in [0.4, 0.5) is 5.82 Å². The number of hydrogen-bond acceptors (Lipinski definition) is 8. The van der Waals surface area contributed by atoms with Crippen LogP contribution in [0.25, 0.3) is 11.0 Å². The van der Waals surface area contributed by atoms with Gasteiger partial charge in [-0.2, -0.15) is 0 Å². The van der Waals surface area contributed by atoms with Crippen molar-refractivity contribution in [1.29, 1.82) is 0 Å². The zero-order valence-electron chi connectivity index (χ0n) is 18.6. The summed E-state index contributed by atoms with van der Waals surface area (Å²) in [5, 5.41) is 15.6. The Hall–Kier alpha value is -4.53. The van der Waals surface area contributed by atoms with Crippen molar-refractivity contribution in [2.24, 2.45) is 0 Å². The number of aliphatic hydroxyl groups is 1. The molecule has 0 aliphatic carbocycles. The molecule has 3 heterocycles. The molecule has 5 rings (SSSR count). The van der Waals surface area contributed by atoms with Crippen LogP contribution in [0.1, 0.15) is 27.9 Å². The summed E-state index contributed by atoms with van der Waals surface area (Å²) in [7, 11) is 2.93. The zero-order valence-corrected chi connectivity index (χ0v) is 18.6. The first kappa shape index (κ1) is 21.3. The van der Waals surface area contributed by atoms with Gasteiger partial charge in [0.15, 0.2) is 28.8 Å². The number of methoxy groups -OCH3 is 2. The summed E-state index contributed by atoms with van der Waals surface area (Å²) < 4.78 is 21.9. The maximum absolute atomic E-state index is 13.7. The molecular weight excluding hydrogens is 440 g/mol. The van der Waals surface area contributed by atoms with Gasteiger partial charge in [-0.3, -0.25) is 14.5 Å². The van der Waals surface area contributed by atoms with Gasteiger partial charge in [-0.15, -0.1) is 0 Å². The van der Waals surface area contributed by atoms with E-state index in [4.69, 9.17) is 18.4 Å². The molecule has 0 unspecified atom stereocenters. The number of rotatable bonds is 6. The lowest BCUT2D eigenvalue weighted by atomic mass is 9.94. The van der Waals surface area contributed by atoms with E-state index < -0.39 is 23.5 Å². The Morgan fingerprint density at radius 3 is 2.56 bits per heavy atom. The third kappa shape index (κ3) is 3.21. The largest absolute Gasteiger partial charge is 0.503 e. The smallest absolute Gasteiger partial charge is 0.295 e. The fourth-order valence-corrected chi connectivity index (χ4v) is 4.19. The number of carbonyl (C=O) groups excluding carboxylic acids is 2. The molecular formula is C25H20N2O7. The van der Waals surface area contributed by atoms with E-state index in [2.05, 4.69) is 5.16 Å². The number of benzene rings is 2. The summed E-state index contributed by atoms with van der Waals surface area (Å²) in [6.07, 6.45) is 0. The molecule has 0 radical (unpaired) electrons. The highest BCUT2D eigenvalue weighted by Crippen LogP contribution is 2.47. The summed E-state index contributed by atoms with van der Waals surface area (Å²) in [5.41, 5.74) is 0.755. The molecule has 2 aromatic carbocycles. The second-order valence-corrected chi connectivity index (χ2v) is 7.70. The van der Waals surface area contributed by atoms with Crippen LogP contribution in [0.15, 0.2) is 74.9 Å². The molecule has 0 bridgehead atoms. The predicted molar refractivity (Wildman–Crippen MR) is 121 cm³/mol. The van der Waals surface area contributed by atoms with E-state index >= 15 is 0 Å². The van der Waals surface area contributed by atoms with Crippen LogP contribution in [0.5, 0.6) is 11.5 Å². The van der Waals surface area contributed by atoms with E-state index in [-0.39, 0.29) is 17.2 Å². The Labute approximate surface area is 193 Å². The number of carbonyl (C=O) groups is 2. The van der Waals surface area contributed by atoms with Gasteiger partial charge in [0.25, 0.3) is 5.91 Å². The monoisotopic (exact) mass is 460 g/mol. The normalized spacial score (nSPS) is 15.9. The number of ketones is 1. The van der Waals surface area contributed by atoms with Gasteiger partial charge in [-0.1, -0.05) is 35.5 Å². The SMILES string of the molecule is COc1cccc([C@H]2C(C(=O)c3cc4ccccc4o3)=C(O)C(=O)N2c2cc(C)on2)c1OC. The van der Waals surface area contributed by atoms with Crippen molar-refractivity contribution in [2.75, 3.05) is 19.1 Å². The van der Waals surface area contributed by atoms with E-state index in [1.807, 2.05) is 6.07 Å². The zero-order chi connectivity index (χ0) is 24.0. The molecule has 1 N–H and O–H groups in total. The van der Waals surface area contributed by atoms with Gasteiger partial charge >= 0.3 is 0 Å². The maximum atomic E-state index is 13.7. The van der Waals surface area contributed by atoms with Crippen molar-refractivity contribution in [3.05, 3.63) is 83.0 Å². The molecule has 2 aromatic heterocycles. The lowest BCUT2D eigenvalue weighted by Gasteiger charge is -2.26.